The molecule has 1 aliphatic rings. The lowest BCUT2D eigenvalue weighted by Crippen LogP contribution is -2.39. The van der Waals surface area contributed by atoms with E-state index in [0.717, 1.165) is 45.6 Å². The predicted molar refractivity (Wildman–Crippen MR) is 88.6 cm³/mol. The fraction of sp³-hybridized carbons (Fsp3) is 0.647. The van der Waals surface area contributed by atoms with Crippen LogP contribution in [-0.2, 0) is 4.79 Å². The molecule has 0 N–H and O–H groups in total. The zero-order valence-electron chi connectivity index (χ0n) is 14.0. The monoisotopic (exact) mass is 304 g/mol. The van der Waals surface area contributed by atoms with Crippen LogP contribution in [0.3, 0.4) is 0 Å². The first-order chi connectivity index (χ1) is 10.6. The maximum absolute atomic E-state index is 12.8. The Morgan fingerprint density at radius 2 is 2.09 bits per heavy atom. The third-order valence-electron chi connectivity index (χ3n) is 4.17. The quantitative estimate of drug-likeness (QED) is 0.784. The van der Waals surface area contributed by atoms with Gasteiger partial charge in [-0.15, -0.1) is 0 Å². The second kappa shape index (κ2) is 8.13. The Morgan fingerprint density at radius 1 is 1.27 bits per heavy atom. The molecule has 1 saturated heterocycles. The highest BCUT2D eigenvalue weighted by atomic mass is 16.2. The van der Waals surface area contributed by atoms with Crippen molar-refractivity contribution in [2.45, 2.75) is 39.7 Å². The Balaban J connectivity index is 1.95. The van der Waals surface area contributed by atoms with Crippen molar-refractivity contribution in [2.75, 3.05) is 32.7 Å². The third kappa shape index (κ3) is 4.44. The molecule has 5 nitrogen and oxygen atoms in total. The number of allylic oxidation sites excluding steroid dienone is 1. The van der Waals surface area contributed by atoms with Gasteiger partial charge in [-0.3, -0.25) is 14.4 Å². The number of aromatic nitrogens is 2. The minimum Gasteiger partial charge on any atom is -0.340 e. The van der Waals surface area contributed by atoms with Crippen LogP contribution < -0.4 is 0 Å². The first-order valence-corrected chi connectivity index (χ1v) is 8.25. The summed E-state index contributed by atoms with van der Waals surface area (Å²) in [6.07, 6.45) is 7.69. The SMILES string of the molecule is CCC(C(=O)N1CCCN(CC=C(C)C)CC1)n1cccn1. The van der Waals surface area contributed by atoms with Crippen molar-refractivity contribution >= 4 is 5.91 Å². The lowest BCUT2D eigenvalue weighted by molar-refractivity contribution is -0.135. The van der Waals surface area contributed by atoms with E-state index in [1.165, 1.54) is 5.57 Å². The van der Waals surface area contributed by atoms with Gasteiger partial charge in [0, 0.05) is 45.1 Å². The van der Waals surface area contributed by atoms with E-state index in [1.54, 1.807) is 10.9 Å². The summed E-state index contributed by atoms with van der Waals surface area (Å²) in [5.74, 6) is 0.204. The van der Waals surface area contributed by atoms with E-state index in [4.69, 9.17) is 0 Å². The van der Waals surface area contributed by atoms with Crippen LogP contribution in [0.5, 0.6) is 0 Å². The molecule has 0 aliphatic carbocycles. The Labute approximate surface area is 133 Å². The number of rotatable bonds is 5. The molecule has 1 aromatic rings. The normalized spacial score (nSPS) is 17.9. The van der Waals surface area contributed by atoms with E-state index >= 15 is 0 Å². The average Bonchev–Trinajstić information content (AvgIpc) is 2.91. The molecule has 2 heterocycles. The molecule has 0 aromatic carbocycles. The number of hydrogen-bond acceptors (Lipinski definition) is 3. The Morgan fingerprint density at radius 3 is 2.73 bits per heavy atom. The summed E-state index contributed by atoms with van der Waals surface area (Å²) >= 11 is 0. The molecular formula is C17H28N4O. The highest BCUT2D eigenvalue weighted by Crippen LogP contribution is 2.15. The van der Waals surface area contributed by atoms with Crippen LogP contribution in [0.4, 0.5) is 0 Å². The van der Waals surface area contributed by atoms with E-state index in [-0.39, 0.29) is 11.9 Å². The van der Waals surface area contributed by atoms with Crippen molar-refractivity contribution in [2.24, 2.45) is 0 Å². The highest BCUT2D eigenvalue weighted by Gasteiger charge is 2.26. The minimum atomic E-state index is -0.167. The van der Waals surface area contributed by atoms with Crippen LogP contribution in [0.2, 0.25) is 0 Å². The summed E-state index contributed by atoms with van der Waals surface area (Å²) in [5, 5.41) is 4.24. The molecule has 5 heteroatoms. The molecule has 0 radical (unpaired) electrons. The van der Waals surface area contributed by atoms with Crippen molar-refractivity contribution in [3.05, 3.63) is 30.1 Å². The molecule has 0 saturated carbocycles. The Hall–Kier alpha value is -1.62. The van der Waals surface area contributed by atoms with Crippen LogP contribution >= 0.6 is 0 Å². The zero-order valence-corrected chi connectivity index (χ0v) is 14.0. The highest BCUT2D eigenvalue weighted by molar-refractivity contribution is 5.80. The first-order valence-electron chi connectivity index (χ1n) is 8.25. The number of carbonyl (C=O) groups excluding carboxylic acids is 1. The molecule has 122 valence electrons. The van der Waals surface area contributed by atoms with E-state index in [0.29, 0.717) is 0 Å². The first kappa shape index (κ1) is 16.7. The fourth-order valence-electron chi connectivity index (χ4n) is 2.84. The largest absolute Gasteiger partial charge is 0.340 e. The van der Waals surface area contributed by atoms with Crippen molar-refractivity contribution in [1.82, 2.24) is 19.6 Å². The van der Waals surface area contributed by atoms with Crippen molar-refractivity contribution in [3.63, 3.8) is 0 Å². The zero-order chi connectivity index (χ0) is 15.9. The van der Waals surface area contributed by atoms with Crippen LogP contribution in [0.15, 0.2) is 30.1 Å². The molecule has 1 aromatic heterocycles. The number of carbonyl (C=O) groups is 1. The molecule has 1 aliphatic heterocycles. The van der Waals surface area contributed by atoms with Gasteiger partial charge in [0.15, 0.2) is 0 Å². The molecule has 2 rings (SSSR count). The molecular weight excluding hydrogens is 276 g/mol. The van der Waals surface area contributed by atoms with Crippen LogP contribution in [-0.4, -0.2) is 58.2 Å². The van der Waals surface area contributed by atoms with Gasteiger partial charge in [0.1, 0.15) is 6.04 Å². The summed E-state index contributed by atoms with van der Waals surface area (Å²) in [6, 6.07) is 1.71. The van der Waals surface area contributed by atoms with E-state index < -0.39 is 0 Å². The topological polar surface area (TPSA) is 41.4 Å². The molecule has 1 unspecified atom stereocenters. The summed E-state index contributed by atoms with van der Waals surface area (Å²) in [6.45, 7) is 11.0. The van der Waals surface area contributed by atoms with Crippen LogP contribution in [0.25, 0.3) is 0 Å². The molecule has 1 amide bonds. The van der Waals surface area contributed by atoms with E-state index in [2.05, 4.69) is 29.9 Å². The lowest BCUT2D eigenvalue weighted by atomic mass is 10.2. The van der Waals surface area contributed by atoms with Gasteiger partial charge >= 0.3 is 0 Å². The number of nitrogens with zero attached hydrogens (tertiary/aromatic N) is 4. The van der Waals surface area contributed by atoms with Crippen molar-refractivity contribution < 1.29 is 4.79 Å². The second-order valence-electron chi connectivity index (χ2n) is 6.17. The average molecular weight is 304 g/mol. The van der Waals surface area contributed by atoms with Gasteiger partial charge in [-0.1, -0.05) is 18.6 Å². The summed E-state index contributed by atoms with van der Waals surface area (Å²) in [4.78, 5) is 17.2. The Bertz CT molecular complexity index is 491. The molecule has 1 fully saturated rings. The van der Waals surface area contributed by atoms with Gasteiger partial charge in [0.05, 0.1) is 0 Å². The lowest BCUT2D eigenvalue weighted by Gasteiger charge is -2.26. The maximum atomic E-state index is 12.8. The second-order valence-corrected chi connectivity index (χ2v) is 6.17. The number of hydrogen-bond donors (Lipinski definition) is 0. The molecule has 22 heavy (non-hydrogen) atoms. The minimum absolute atomic E-state index is 0.167. The van der Waals surface area contributed by atoms with Gasteiger partial charge < -0.3 is 4.90 Å². The van der Waals surface area contributed by atoms with Crippen LogP contribution in [0, 0.1) is 0 Å². The standard InChI is InChI=1S/C17H28N4O/c1-4-16(21-11-5-8-18-21)17(22)20-10-6-9-19(13-14-20)12-7-15(2)3/h5,7-8,11,16H,4,6,9-10,12-14H2,1-3H3. The van der Waals surface area contributed by atoms with Crippen LogP contribution in [0.1, 0.15) is 39.7 Å². The molecule has 1 atom stereocenters. The summed E-state index contributed by atoms with van der Waals surface area (Å²) in [7, 11) is 0. The molecule has 0 spiro atoms. The van der Waals surface area contributed by atoms with E-state index in [9.17, 15) is 4.79 Å². The summed E-state index contributed by atoms with van der Waals surface area (Å²) in [5.41, 5.74) is 1.35. The maximum Gasteiger partial charge on any atom is 0.247 e. The fourth-order valence-corrected chi connectivity index (χ4v) is 2.84. The third-order valence-corrected chi connectivity index (χ3v) is 4.17. The smallest absolute Gasteiger partial charge is 0.247 e. The van der Waals surface area contributed by atoms with Gasteiger partial charge in [-0.2, -0.15) is 5.10 Å². The van der Waals surface area contributed by atoms with Gasteiger partial charge in [-0.05, 0) is 32.8 Å². The van der Waals surface area contributed by atoms with Crippen molar-refractivity contribution in [1.29, 1.82) is 0 Å². The Kier molecular flexibility index (Phi) is 6.19. The number of amides is 1. The van der Waals surface area contributed by atoms with Crippen molar-refractivity contribution in [3.8, 4) is 0 Å². The van der Waals surface area contributed by atoms with Gasteiger partial charge in [-0.25, -0.2) is 0 Å². The summed E-state index contributed by atoms with van der Waals surface area (Å²) < 4.78 is 1.79. The van der Waals surface area contributed by atoms with Gasteiger partial charge in [0.25, 0.3) is 0 Å². The van der Waals surface area contributed by atoms with E-state index in [1.807, 2.05) is 24.1 Å². The molecule has 0 bridgehead atoms. The van der Waals surface area contributed by atoms with Gasteiger partial charge in [0.2, 0.25) is 5.91 Å². The predicted octanol–water partition coefficient (Wildman–Crippen LogP) is 2.33.